The van der Waals surface area contributed by atoms with Crippen LogP contribution in [0.15, 0.2) is 36.9 Å². The number of hydrogen-bond donors (Lipinski definition) is 1. The lowest BCUT2D eigenvalue weighted by molar-refractivity contribution is 0.572. The third-order valence-corrected chi connectivity index (χ3v) is 2.71. The van der Waals surface area contributed by atoms with E-state index in [-0.39, 0.29) is 6.04 Å². The van der Waals surface area contributed by atoms with Crippen molar-refractivity contribution in [3.05, 3.63) is 53.9 Å². The average Bonchev–Trinajstić information content (AvgIpc) is 2.40. The van der Waals surface area contributed by atoms with Gasteiger partial charge in [0.05, 0.1) is 23.6 Å². The summed E-state index contributed by atoms with van der Waals surface area (Å²) in [6, 6.07) is 4.09. The van der Waals surface area contributed by atoms with Crippen molar-refractivity contribution >= 4 is 0 Å². The zero-order valence-electron chi connectivity index (χ0n) is 10.8. The molecule has 94 valence electrons. The smallest absolute Gasteiger partial charge is 0.0940 e. The molecule has 2 rings (SSSR count). The molecule has 0 saturated heterocycles. The van der Waals surface area contributed by atoms with Gasteiger partial charge in [0.15, 0.2) is 0 Å². The van der Waals surface area contributed by atoms with E-state index in [4.69, 9.17) is 0 Å². The van der Waals surface area contributed by atoms with Crippen LogP contribution < -0.4 is 5.32 Å². The summed E-state index contributed by atoms with van der Waals surface area (Å²) in [7, 11) is 0. The minimum absolute atomic E-state index is 0.0125. The van der Waals surface area contributed by atoms with E-state index in [2.05, 4.69) is 40.2 Å². The van der Waals surface area contributed by atoms with Gasteiger partial charge in [-0.3, -0.25) is 15.0 Å². The van der Waals surface area contributed by atoms with Gasteiger partial charge in [-0.05, 0) is 37.6 Å². The number of nitrogens with one attached hydrogen (secondary N) is 1. The van der Waals surface area contributed by atoms with Crippen LogP contribution in [0.1, 0.15) is 36.3 Å². The molecule has 4 nitrogen and oxygen atoms in total. The molecule has 1 unspecified atom stereocenters. The fourth-order valence-corrected chi connectivity index (χ4v) is 1.83. The van der Waals surface area contributed by atoms with Crippen LogP contribution in [-0.2, 0) is 0 Å². The van der Waals surface area contributed by atoms with Gasteiger partial charge in [-0.1, -0.05) is 6.92 Å². The quantitative estimate of drug-likeness (QED) is 0.873. The summed E-state index contributed by atoms with van der Waals surface area (Å²) in [5.74, 6) is 0. The van der Waals surface area contributed by atoms with Crippen LogP contribution in [0.4, 0.5) is 0 Å². The van der Waals surface area contributed by atoms with Gasteiger partial charge in [-0.2, -0.15) is 0 Å². The second-order valence-corrected chi connectivity index (χ2v) is 4.28. The summed E-state index contributed by atoms with van der Waals surface area (Å²) in [5, 5.41) is 3.46. The maximum absolute atomic E-state index is 4.44. The highest BCUT2D eigenvalue weighted by molar-refractivity contribution is 5.23. The highest BCUT2D eigenvalue weighted by Gasteiger charge is 2.16. The van der Waals surface area contributed by atoms with Crippen LogP contribution in [-0.4, -0.2) is 21.5 Å². The van der Waals surface area contributed by atoms with E-state index in [0.29, 0.717) is 0 Å². The predicted molar refractivity (Wildman–Crippen MR) is 71.1 cm³/mol. The minimum atomic E-state index is 0.0125. The molecule has 0 aliphatic heterocycles. The van der Waals surface area contributed by atoms with Crippen molar-refractivity contribution in [1.29, 1.82) is 0 Å². The van der Waals surface area contributed by atoms with Gasteiger partial charge >= 0.3 is 0 Å². The number of pyridine rings is 1. The molecule has 1 N–H and O–H groups in total. The first-order valence-corrected chi connectivity index (χ1v) is 6.23. The average molecular weight is 242 g/mol. The molecule has 1 atom stereocenters. The highest BCUT2D eigenvalue weighted by Crippen LogP contribution is 2.18. The molecular formula is C14H18N4. The summed E-state index contributed by atoms with van der Waals surface area (Å²) in [6.07, 6.45) is 8.09. The Morgan fingerprint density at radius 3 is 2.67 bits per heavy atom. The lowest BCUT2D eigenvalue weighted by Gasteiger charge is -2.17. The van der Waals surface area contributed by atoms with E-state index >= 15 is 0 Å². The normalized spacial score (nSPS) is 12.3. The van der Waals surface area contributed by atoms with E-state index < -0.39 is 0 Å². The Morgan fingerprint density at radius 1 is 1.17 bits per heavy atom. The first-order chi connectivity index (χ1) is 8.81. The molecule has 2 heterocycles. The largest absolute Gasteiger partial charge is 0.304 e. The Hall–Kier alpha value is -1.81. The van der Waals surface area contributed by atoms with Crippen LogP contribution in [0.2, 0.25) is 0 Å². The number of rotatable bonds is 5. The zero-order valence-corrected chi connectivity index (χ0v) is 10.8. The van der Waals surface area contributed by atoms with Gasteiger partial charge in [0.25, 0.3) is 0 Å². The fourth-order valence-electron chi connectivity index (χ4n) is 1.83. The molecule has 0 bridgehead atoms. The molecule has 0 aromatic carbocycles. The van der Waals surface area contributed by atoms with Gasteiger partial charge in [0.1, 0.15) is 0 Å². The Morgan fingerprint density at radius 2 is 2.00 bits per heavy atom. The van der Waals surface area contributed by atoms with E-state index in [0.717, 1.165) is 24.4 Å². The lowest BCUT2D eigenvalue weighted by atomic mass is 10.1. The number of aryl methyl sites for hydroxylation is 1. The van der Waals surface area contributed by atoms with Crippen molar-refractivity contribution in [2.75, 3.05) is 6.54 Å². The Labute approximate surface area is 108 Å². The Balaban J connectivity index is 2.31. The first-order valence-electron chi connectivity index (χ1n) is 6.23. The molecule has 0 aliphatic carbocycles. The summed E-state index contributed by atoms with van der Waals surface area (Å²) in [6.45, 7) is 5.14. The Bertz CT molecular complexity index is 484. The summed E-state index contributed by atoms with van der Waals surface area (Å²) in [4.78, 5) is 12.9. The van der Waals surface area contributed by atoms with Gasteiger partial charge in [-0.25, -0.2) is 0 Å². The molecule has 0 aliphatic rings. The molecule has 0 amide bonds. The third-order valence-electron chi connectivity index (χ3n) is 2.71. The first kappa shape index (κ1) is 12.6. The second kappa shape index (κ2) is 6.21. The molecule has 0 spiro atoms. The molecule has 0 fully saturated rings. The van der Waals surface area contributed by atoms with Crippen molar-refractivity contribution in [1.82, 2.24) is 20.3 Å². The van der Waals surface area contributed by atoms with Crippen molar-refractivity contribution < 1.29 is 0 Å². The van der Waals surface area contributed by atoms with Crippen molar-refractivity contribution in [2.45, 2.75) is 26.3 Å². The van der Waals surface area contributed by atoms with Gasteiger partial charge in [-0.15, -0.1) is 0 Å². The zero-order chi connectivity index (χ0) is 12.8. The highest BCUT2D eigenvalue weighted by atomic mass is 15.0. The van der Waals surface area contributed by atoms with Gasteiger partial charge in [0.2, 0.25) is 0 Å². The van der Waals surface area contributed by atoms with Crippen molar-refractivity contribution in [2.24, 2.45) is 0 Å². The minimum Gasteiger partial charge on any atom is -0.304 e. The van der Waals surface area contributed by atoms with Crippen LogP contribution in [0.3, 0.4) is 0 Å². The maximum Gasteiger partial charge on any atom is 0.0940 e. The topological polar surface area (TPSA) is 50.7 Å². The lowest BCUT2D eigenvalue weighted by Crippen LogP contribution is -2.25. The number of nitrogens with zero attached hydrogens (tertiary/aromatic N) is 3. The maximum atomic E-state index is 4.44. The summed E-state index contributed by atoms with van der Waals surface area (Å²) in [5.41, 5.74) is 3.10. The van der Waals surface area contributed by atoms with Crippen LogP contribution in [0.25, 0.3) is 0 Å². The molecule has 0 saturated carbocycles. The summed E-state index contributed by atoms with van der Waals surface area (Å²) >= 11 is 0. The molecule has 2 aromatic heterocycles. The SMILES string of the molecule is CCCNC(c1cnccn1)c1cc(C)ccn1. The van der Waals surface area contributed by atoms with E-state index in [1.54, 1.807) is 18.6 Å². The Kier molecular flexibility index (Phi) is 4.36. The van der Waals surface area contributed by atoms with Crippen LogP contribution in [0.5, 0.6) is 0 Å². The van der Waals surface area contributed by atoms with Gasteiger partial charge < -0.3 is 5.32 Å². The van der Waals surface area contributed by atoms with Crippen LogP contribution >= 0.6 is 0 Å². The molecule has 4 heteroatoms. The molecule has 18 heavy (non-hydrogen) atoms. The third kappa shape index (κ3) is 3.11. The molecular weight excluding hydrogens is 224 g/mol. The number of aromatic nitrogens is 3. The second-order valence-electron chi connectivity index (χ2n) is 4.28. The van der Waals surface area contributed by atoms with Crippen molar-refractivity contribution in [3.63, 3.8) is 0 Å². The molecule has 0 radical (unpaired) electrons. The van der Waals surface area contributed by atoms with E-state index in [1.165, 1.54) is 5.56 Å². The standard InChI is InChI=1S/C14H18N4/c1-3-5-18-14(13-10-15-7-8-17-13)12-9-11(2)4-6-16-12/h4,6-10,14,18H,3,5H2,1-2H3. The number of hydrogen-bond acceptors (Lipinski definition) is 4. The van der Waals surface area contributed by atoms with Gasteiger partial charge in [0, 0.05) is 18.6 Å². The predicted octanol–water partition coefficient (Wildman–Crippen LogP) is 2.27. The fraction of sp³-hybridized carbons (Fsp3) is 0.357. The van der Waals surface area contributed by atoms with E-state index in [1.807, 2.05) is 12.3 Å². The van der Waals surface area contributed by atoms with E-state index in [9.17, 15) is 0 Å². The van der Waals surface area contributed by atoms with Crippen molar-refractivity contribution in [3.8, 4) is 0 Å². The summed E-state index contributed by atoms with van der Waals surface area (Å²) < 4.78 is 0. The monoisotopic (exact) mass is 242 g/mol. The molecule has 2 aromatic rings. The van der Waals surface area contributed by atoms with Crippen LogP contribution in [0, 0.1) is 6.92 Å².